The third-order valence-corrected chi connectivity index (χ3v) is 2.54. The van der Waals surface area contributed by atoms with Gasteiger partial charge in [0.15, 0.2) is 0 Å². The number of hydrogen-bond acceptors (Lipinski definition) is 4. The summed E-state index contributed by atoms with van der Waals surface area (Å²) >= 11 is 0. The first-order valence-electron chi connectivity index (χ1n) is 6.23. The van der Waals surface area contributed by atoms with Gasteiger partial charge in [0.2, 0.25) is 0 Å². The van der Waals surface area contributed by atoms with Crippen molar-refractivity contribution in [2.45, 2.75) is 6.92 Å². The van der Waals surface area contributed by atoms with E-state index in [9.17, 15) is 4.79 Å². The number of carbonyl (C=O) groups is 1. The molecule has 0 aliphatic carbocycles. The van der Waals surface area contributed by atoms with Crippen LogP contribution in [0.15, 0.2) is 42.5 Å². The van der Waals surface area contributed by atoms with E-state index >= 15 is 0 Å². The third kappa shape index (κ3) is 3.51. The number of ether oxygens (including phenoxy) is 3. The van der Waals surface area contributed by atoms with Crippen LogP contribution in [-0.4, -0.2) is 19.7 Å². The van der Waals surface area contributed by atoms with Crippen LogP contribution in [-0.2, 0) is 4.74 Å². The molecular weight excluding hydrogens is 256 g/mol. The lowest BCUT2D eigenvalue weighted by Gasteiger charge is -2.10. The van der Waals surface area contributed by atoms with Crippen molar-refractivity contribution in [3.63, 3.8) is 0 Å². The third-order valence-electron chi connectivity index (χ3n) is 2.54. The van der Waals surface area contributed by atoms with Crippen LogP contribution in [0.3, 0.4) is 0 Å². The maximum absolute atomic E-state index is 11.8. The van der Waals surface area contributed by atoms with E-state index in [4.69, 9.17) is 14.2 Å². The molecule has 103 valence electrons. The van der Waals surface area contributed by atoms with E-state index < -0.39 is 5.97 Å². The molecule has 2 aromatic carbocycles. The maximum atomic E-state index is 11.8. The second kappa shape index (κ2) is 6.61. The molecule has 1 radical (unpaired) electrons. The zero-order valence-corrected chi connectivity index (χ0v) is 11.4. The predicted molar refractivity (Wildman–Crippen MR) is 74.3 cm³/mol. The molecule has 0 heterocycles. The Morgan fingerprint density at radius 2 is 2.00 bits per heavy atom. The number of hydrogen-bond donors (Lipinski definition) is 0. The second-order valence-corrected chi connectivity index (χ2v) is 3.95. The van der Waals surface area contributed by atoms with Gasteiger partial charge in [0, 0.05) is 12.1 Å². The van der Waals surface area contributed by atoms with Crippen molar-refractivity contribution in [1.29, 1.82) is 0 Å². The topological polar surface area (TPSA) is 44.8 Å². The van der Waals surface area contributed by atoms with Gasteiger partial charge in [0.25, 0.3) is 0 Å². The highest BCUT2D eigenvalue weighted by molar-refractivity contribution is 5.90. The summed E-state index contributed by atoms with van der Waals surface area (Å²) in [6.45, 7) is 2.08. The van der Waals surface area contributed by atoms with Crippen molar-refractivity contribution in [1.82, 2.24) is 0 Å². The molecule has 0 atom stereocenters. The number of rotatable bonds is 5. The summed E-state index contributed by atoms with van der Waals surface area (Å²) in [7, 11) is 1.53. The molecule has 0 unspecified atom stereocenters. The van der Waals surface area contributed by atoms with Crippen molar-refractivity contribution in [3.05, 3.63) is 54.1 Å². The second-order valence-electron chi connectivity index (χ2n) is 3.95. The Kier molecular flexibility index (Phi) is 4.60. The van der Waals surface area contributed by atoms with Crippen LogP contribution in [0.2, 0.25) is 0 Å². The molecule has 0 saturated carbocycles. The van der Waals surface area contributed by atoms with Crippen LogP contribution in [0.5, 0.6) is 17.2 Å². The molecule has 4 heteroatoms. The SMILES string of the molecule is CCOC(=O)c1cc(OC)cc(Oc2[c]cccc2)c1. The molecule has 4 nitrogen and oxygen atoms in total. The lowest BCUT2D eigenvalue weighted by molar-refractivity contribution is 0.0525. The summed E-state index contributed by atoms with van der Waals surface area (Å²) in [4.78, 5) is 11.8. The van der Waals surface area contributed by atoms with Crippen LogP contribution in [0.1, 0.15) is 17.3 Å². The zero-order valence-electron chi connectivity index (χ0n) is 11.4. The molecule has 0 fully saturated rings. The standard InChI is InChI=1S/C16H15O4/c1-3-19-16(17)12-9-14(18-2)11-15(10-12)20-13-7-5-4-6-8-13/h4-7,9-11H,3H2,1-2H3. The fraction of sp³-hybridized carbons (Fsp3) is 0.188. The predicted octanol–water partition coefficient (Wildman–Crippen LogP) is 3.46. The first kappa shape index (κ1) is 13.9. The van der Waals surface area contributed by atoms with Crippen LogP contribution < -0.4 is 9.47 Å². The summed E-state index contributed by atoms with van der Waals surface area (Å²) in [6, 6.07) is 15.1. The van der Waals surface area contributed by atoms with E-state index in [2.05, 4.69) is 6.07 Å². The Morgan fingerprint density at radius 3 is 2.65 bits per heavy atom. The van der Waals surface area contributed by atoms with Crippen molar-refractivity contribution in [2.24, 2.45) is 0 Å². The largest absolute Gasteiger partial charge is 0.497 e. The number of benzene rings is 2. The minimum absolute atomic E-state index is 0.318. The van der Waals surface area contributed by atoms with Crippen LogP contribution >= 0.6 is 0 Å². The van der Waals surface area contributed by atoms with E-state index in [0.717, 1.165) is 0 Å². The highest BCUT2D eigenvalue weighted by Crippen LogP contribution is 2.27. The van der Waals surface area contributed by atoms with Gasteiger partial charge in [-0.2, -0.15) is 0 Å². The summed E-state index contributed by atoms with van der Waals surface area (Å²) in [5.41, 5.74) is 0.386. The molecule has 0 aliphatic heterocycles. The first-order chi connectivity index (χ1) is 9.72. The van der Waals surface area contributed by atoms with Gasteiger partial charge in [0.05, 0.1) is 19.3 Å². The summed E-state index contributed by atoms with van der Waals surface area (Å²) < 4.78 is 15.8. The quantitative estimate of drug-likeness (QED) is 0.781. The Morgan fingerprint density at radius 1 is 1.20 bits per heavy atom. The number of esters is 1. The minimum Gasteiger partial charge on any atom is -0.497 e. The van der Waals surface area contributed by atoms with E-state index in [1.807, 2.05) is 12.1 Å². The summed E-state index contributed by atoms with van der Waals surface area (Å²) in [5, 5.41) is 0. The van der Waals surface area contributed by atoms with E-state index in [1.165, 1.54) is 7.11 Å². The van der Waals surface area contributed by atoms with Crippen molar-refractivity contribution in [3.8, 4) is 17.2 Å². The average Bonchev–Trinajstić information content (AvgIpc) is 2.48. The molecule has 0 aliphatic rings. The van der Waals surface area contributed by atoms with E-state index in [-0.39, 0.29) is 0 Å². The molecule has 2 rings (SSSR count). The fourth-order valence-electron chi connectivity index (χ4n) is 1.65. The average molecular weight is 271 g/mol. The fourth-order valence-corrected chi connectivity index (χ4v) is 1.65. The lowest BCUT2D eigenvalue weighted by Crippen LogP contribution is -2.05. The highest BCUT2D eigenvalue weighted by Gasteiger charge is 2.11. The number of carbonyl (C=O) groups excluding carboxylic acids is 1. The minimum atomic E-state index is -0.409. The van der Waals surface area contributed by atoms with Gasteiger partial charge in [-0.15, -0.1) is 0 Å². The van der Waals surface area contributed by atoms with Gasteiger partial charge in [-0.05, 0) is 25.1 Å². The van der Waals surface area contributed by atoms with Crippen molar-refractivity contribution < 1.29 is 19.0 Å². The maximum Gasteiger partial charge on any atom is 0.338 e. The molecule has 20 heavy (non-hydrogen) atoms. The number of para-hydroxylation sites is 1. The van der Waals surface area contributed by atoms with Gasteiger partial charge >= 0.3 is 5.97 Å². The van der Waals surface area contributed by atoms with Crippen LogP contribution in [0.4, 0.5) is 0 Å². The van der Waals surface area contributed by atoms with Crippen LogP contribution in [0.25, 0.3) is 0 Å². The van der Waals surface area contributed by atoms with Gasteiger partial charge < -0.3 is 14.2 Å². The number of methoxy groups -OCH3 is 1. The molecule has 2 aromatic rings. The molecule has 0 aromatic heterocycles. The molecule has 0 saturated heterocycles. The Bertz CT molecular complexity index is 578. The van der Waals surface area contributed by atoms with Crippen LogP contribution in [0, 0.1) is 6.07 Å². The smallest absolute Gasteiger partial charge is 0.338 e. The summed E-state index contributed by atoms with van der Waals surface area (Å²) in [5.74, 6) is 1.18. The normalized spacial score (nSPS) is 9.90. The molecule has 0 spiro atoms. The monoisotopic (exact) mass is 271 g/mol. The van der Waals surface area contributed by atoms with Gasteiger partial charge in [-0.1, -0.05) is 18.2 Å². The lowest BCUT2D eigenvalue weighted by atomic mass is 10.2. The van der Waals surface area contributed by atoms with Crippen molar-refractivity contribution >= 4 is 5.97 Å². The molecule has 0 N–H and O–H groups in total. The van der Waals surface area contributed by atoms with Gasteiger partial charge in [-0.25, -0.2) is 4.79 Å². The zero-order chi connectivity index (χ0) is 14.4. The van der Waals surface area contributed by atoms with Crippen molar-refractivity contribution in [2.75, 3.05) is 13.7 Å². The summed E-state index contributed by atoms with van der Waals surface area (Å²) in [6.07, 6.45) is 0. The molecule has 0 bridgehead atoms. The Labute approximate surface area is 117 Å². The Balaban J connectivity index is 2.28. The highest BCUT2D eigenvalue weighted by atomic mass is 16.5. The Hall–Kier alpha value is -2.49. The van der Waals surface area contributed by atoms with E-state index in [1.54, 1.807) is 37.3 Å². The van der Waals surface area contributed by atoms with Gasteiger partial charge in [-0.3, -0.25) is 0 Å². The first-order valence-corrected chi connectivity index (χ1v) is 6.23. The van der Waals surface area contributed by atoms with Gasteiger partial charge in [0.1, 0.15) is 17.2 Å². The van der Waals surface area contributed by atoms with E-state index in [0.29, 0.717) is 29.4 Å². The molecule has 0 amide bonds. The molecular formula is C16H15O4.